The van der Waals surface area contributed by atoms with E-state index in [-0.39, 0.29) is 31.0 Å². The number of hydroxylamine groups is 1. The Kier molecular flexibility index (Phi) is 8.87. The average Bonchev–Trinajstić information content (AvgIpc) is 2.95. The number of rotatable bonds is 10. The minimum absolute atomic E-state index is 0.00796. The summed E-state index contributed by atoms with van der Waals surface area (Å²) in [5.41, 5.74) is 6.47. The Morgan fingerprint density at radius 1 is 1.00 bits per heavy atom. The summed E-state index contributed by atoms with van der Waals surface area (Å²) in [4.78, 5) is 12.4. The molecule has 2 N–H and O–H groups in total. The first-order valence-corrected chi connectivity index (χ1v) is 14.4. The van der Waals surface area contributed by atoms with E-state index >= 15 is 0 Å². The van der Waals surface area contributed by atoms with Crippen molar-refractivity contribution in [2.24, 2.45) is 0 Å². The van der Waals surface area contributed by atoms with E-state index in [1.807, 2.05) is 0 Å². The van der Waals surface area contributed by atoms with Crippen LogP contribution in [-0.4, -0.2) is 44.1 Å². The van der Waals surface area contributed by atoms with Crippen LogP contribution in [0.15, 0.2) is 77.7 Å². The van der Waals surface area contributed by atoms with E-state index in [0.29, 0.717) is 18.3 Å². The normalized spacial score (nSPS) is 15.3. The first-order chi connectivity index (χ1) is 18.3. The van der Waals surface area contributed by atoms with Crippen molar-refractivity contribution >= 4 is 15.7 Å². The molecule has 1 saturated heterocycles. The van der Waals surface area contributed by atoms with Crippen LogP contribution in [0.5, 0.6) is 5.75 Å². The molecule has 0 saturated carbocycles. The Hall–Kier alpha value is -3.20. The highest BCUT2D eigenvalue weighted by Gasteiger charge is 2.52. The zero-order chi connectivity index (χ0) is 27.2. The van der Waals surface area contributed by atoms with Crippen molar-refractivity contribution < 1.29 is 27.9 Å². The number of amides is 1. The maximum absolute atomic E-state index is 13.3. The lowest BCUT2D eigenvalue weighted by Crippen LogP contribution is -2.54. The second kappa shape index (κ2) is 12.1. The highest BCUT2D eigenvalue weighted by molar-refractivity contribution is 7.93. The quantitative estimate of drug-likeness (QED) is 0.206. The molecule has 8 heteroatoms. The topological polar surface area (TPSA) is 102 Å². The van der Waals surface area contributed by atoms with Gasteiger partial charge < -0.3 is 9.47 Å². The maximum Gasteiger partial charge on any atom is 0.265 e. The third-order valence-corrected chi connectivity index (χ3v) is 9.70. The number of aryl methyl sites for hydroxylation is 1. The Morgan fingerprint density at radius 3 is 2.32 bits per heavy atom. The molecular formula is C30H35NO6S. The van der Waals surface area contributed by atoms with Crippen molar-refractivity contribution in [2.75, 3.05) is 19.8 Å². The van der Waals surface area contributed by atoms with Crippen LogP contribution >= 0.6 is 0 Å². The molecule has 0 aromatic heterocycles. The average molecular weight is 538 g/mol. The lowest BCUT2D eigenvalue weighted by Gasteiger charge is -2.34. The second-order valence-corrected chi connectivity index (χ2v) is 12.2. The summed E-state index contributed by atoms with van der Waals surface area (Å²) in [6.07, 6.45) is 1.61. The predicted molar refractivity (Wildman–Crippen MR) is 146 cm³/mol. The minimum Gasteiger partial charge on any atom is -0.494 e. The summed E-state index contributed by atoms with van der Waals surface area (Å²) in [5, 5.41) is 9.19. The molecule has 0 aliphatic carbocycles. The van der Waals surface area contributed by atoms with Gasteiger partial charge >= 0.3 is 0 Å². The summed E-state index contributed by atoms with van der Waals surface area (Å²) in [6, 6.07) is 23.3. The maximum atomic E-state index is 13.3. The Balaban J connectivity index is 1.34. The van der Waals surface area contributed by atoms with Crippen LogP contribution in [0.4, 0.5) is 0 Å². The highest BCUT2D eigenvalue weighted by Crippen LogP contribution is 2.36. The molecule has 4 rings (SSSR count). The fourth-order valence-corrected chi connectivity index (χ4v) is 6.73. The molecule has 1 amide bonds. The zero-order valence-electron chi connectivity index (χ0n) is 21.9. The summed E-state index contributed by atoms with van der Waals surface area (Å²) < 4.78 is 36.0. The van der Waals surface area contributed by atoms with Crippen molar-refractivity contribution in [1.82, 2.24) is 5.48 Å². The molecule has 38 heavy (non-hydrogen) atoms. The van der Waals surface area contributed by atoms with Gasteiger partial charge in [-0.1, -0.05) is 62.4 Å². The van der Waals surface area contributed by atoms with E-state index in [4.69, 9.17) is 9.47 Å². The lowest BCUT2D eigenvalue weighted by molar-refractivity contribution is -0.134. The van der Waals surface area contributed by atoms with Gasteiger partial charge in [-0.15, -0.1) is 0 Å². The van der Waals surface area contributed by atoms with E-state index in [9.17, 15) is 18.4 Å². The first kappa shape index (κ1) is 27.8. The fourth-order valence-electron chi connectivity index (χ4n) is 4.79. The van der Waals surface area contributed by atoms with Crippen LogP contribution in [0.3, 0.4) is 0 Å². The highest BCUT2D eigenvalue weighted by atomic mass is 32.2. The molecule has 1 fully saturated rings. The molecule has 3 aromatic carbocycles. The summed E-state index contributed by atoms with van der Waals surface area (Å²) >= 11 is 0. The Labute approximate surface area is 224 Å². The van der Waals surface area contributed by atoms with Gasteiger partial charge in [0.15, 0.2) is 14.6 Å². The van der Waals surface area contributed by atoms with E-state index in [0.717, 1.165) is 12.8 Å². The zero-order valence-corrected chi connectivity index (χ0v) is 22.7. The predicted octanol–water partition coefficient (Wildman–Crippen LogP) is 5.32. The van der Waals surface area contributed by atoms with Gasteiger partial charge in [0, 0.05) is 13.2 Å². The van der Waals surface area contributed by atoms with Crippen LogP contribution in [0, 0.1) is 0 Å². The number of hydrogen-bond acceptors (Lipinski definition) is 6. The Morgan fingerprint density at radius 2 is 1.68 bits per heavy atom. The molecule has 0 bridgehead atoms. The number of benzene rings is 3. The van der Waals surface area contributed by atoms with Crippen LogP contribution in [0.2, 0.25) is 0 Å². The fraction of sp³-hybridized carbons (Fsp3) is 0.367. The monoisotopic (exact) mass is 537 g/mol. The van der Waals surface area contributed by atoms with Gasteiger partial charge in [-0.05, 0) is 78.1 Å². The molecule has 3 aromatic rings. The largest absolute Gasteiger partial charge is 0.494 e. The second-order valence-electron chi connectivity index (χ2n) is 9.95. The third-order valence-electron chi connectivity index (χ3n) is 7.18. The molecule has 0 unspecified atom stereocenters. The Bertz CT molecular complexity index is 1330. The van der Waals surface area contributed by atoms with E-state index in [1.54, 1.807) is 12.1 Å². The SMILES string of the molecule is CC(C)c1ccc(-c2cccc(CCCOc3ccc(S(=O)(=O)C4(C(=O)NO)CCOCC4)cc3)c2)cc1. The van der Waals surface area contributed by atoms with Crippen LogP contribution in [0.25, 0.3) is 11.1 Å². The van der Waals surface area contributed by atoms with Gasteiger partial charge in [-0.3, -0.25) is 10.0 Å². The third kappa shape index (κ3) is 5.93. The van der Waals surface area contributed by atoms with Gasteiger partial charge in [-0.25, -0.2) is 13.9 Å². The van der Waals surface area contributed by atoms with Gasteiger partial charge in [0.2, 0.25) is 0 Å². The molecule has 0 spiro atoms. The van der Waals surface area contributed by atoms with E-state index in [2.05, 4.69) is 62.4 Å². The summed E-state index contributed by atoms with van der Waals surface area (Å²) in [7, 11) is -4.05. The van der Waals surface area contributed by atoms with Crippen LogP contribution in [-0.2, 0) is 25.8 Å². The number of carbonyl (C=O) groups excluding carboxylic acids is 1. The number of carbonyl (C=O) groups is 1. The molecule has 0 radical (unpaired) electrons. The molecule has 202 valence electrons. The summed E-state index contributed by atoms with van der Waals surface area (Å²) in [6.45, 7) is 5.11. The first-order valence-electron chi connectivity index (χ1n) is 13.0. The van der Waals surface area contributed by atoms with Gasteiger partial charge in [0.1, 0.15) is 5.75 Å². The van der Waals surface area contributed by atoms with Gasteiger partial charge in [0.25, 0.3) is 5.91 Å². The molecule has 1 heterocycles. The van der Waals surface area contributed by atoms with Crippen LogP contribution in [0.1, 0.15) is 50.2 Å². The number of sulfone groups is 1. The van der Waals surface area contributed by atoms with Crippen LogP contribution < -0.4 is 10.2 Å². The van der Waals surface area contributed by atoms with Crippen molar-refractivity contribution in [3.05, 3.63) is 83.9 Å². The van der Waals surface area contributed by atoms with Gasteiger partial charge in [-0.2, -0.15) is 0 Å². The van der Waals surface area contributed by atoms with Crippen molar-refractivity contribution in [1.29, 1.82) is 0 Å². The van der Waals surface area contributed by atoms with Crippen molar-refractivity contribution in [2.45, 2.75) is 55.1 Å². The molecule has 7 nitrogen and oxygen atoms in total. The number of ether oxygens (including phenoxy) is 2. The smallest absolute Gasteiger partial charge is 0.265 e. The summed E-state index contributed by atoms with van der Waals surface area (Å²) in [5.74, 6) is 0.126. The van der Waals surface area contributed by atoms with Crippen molar-refractivity contribution in [3.8, 4) is 16.9 Å². The standard InChI is InChI=1S/C30H35NO6S/c1-22(2)24-8-10-25(11-9-24)26-7-3-5-23(21-26)6-4-18-37-27-12-14-28(15-13-27)38(34,35)30(29(32)31-33)16-19-36-20-17-30/h3,5,7-15,21-22,33H,4,6,16-20H2,1-2H3,(H,31,32). The number of hydrogen-bond donors (Lipinski definition) is 2. The lowest BCUT2D eigenvalue weighted by atomic mass is 9.97. The van der Waals surface area contributed by atoms with Crippen molar-refractivity contribution in [3.63, 3.8) is 0 Å². The number of nitrogens with one attached hydrogen (secondary N) is 1. The molecular weight excluding hydrogens is 502 g/mol. The molecule has 0 atom stereocenters. The van der Waals surface area contributed by atoms with E-state index in [1.165, 1.54) is 39.9 Å². The molecule has 1 aliphatic heterocycles. The minimum atomic E-state index is -4.05. The van der Waals surface area contributed by atoms with E-state index < -0.39 is 20.5 Å². The van der Waals surface area contributed by atoms with Gasteiger partial charge in [0.05, 0.1) is 11.5 Å². The molecule has 1 aliphatic rings.